The summed E-state index contributed by atoms with van der Waals surface area (Å²) in [5, 5.41) is 3.02. The van der Waals surface area contributed by atoms with Gasteiger partial charge in [0.2, 0.25) is 5.91 Å². The Labute approximate surface area is 200 Å². The summed E-state index contributed by atoms with van der Waals surface area (Å²) in [6.45, 7) is 3.77. The van der Waals surface area contributed by atoms with Crippen molar-refractivity contribution < 1.29 is 18.7 Å². The molecule has 0 aliphatic carbocycles. The Bertz CT molecular complexity index is 1060. The van der Waals surface area contributed by atoms with E-state index >= 15 is 0 Å². The van der Waals surface area contributed by atoms with Gasteiger partial charge in [0.15, 0.2) is 18.2 Å². The lowest BCUT2D eigenvalue weighted by atomic mass is 10.0. The molecule has 5 nitrogen and oxygen atoms in total. The number of carbonyl (C=O) groups excluding carboxylic acids is 2. The average molecular weight is 463 g/mol. The first-order valence-corrected chi connectivity index (χ1v) is 11.5. The molecule has 0 radical (unpaired) electrons. The van der Waals surface area contributed by atoms with Gasteiger partial charge in [0.05, 0.1) is 0 Å². The van der Waals surface area contributed by atoms with Crippen LogP contribution < -0.4 is 10.1 Å². The highest BCUT2D eigenvalue weighted by molar-refractivity contribution is 5.88. The quantitative estimate of drug-likeness (QED) is 0.447. The summed E-state index contributed by atoms with van der Waals surface area (Å²) in [5.41, 5.74) is 1.82. The van der Waals surface area contributed by atoms with Gasteiger partial charge in [-0.25, -0.2) is 4.39 Å². The number of rotatable bonds is 11. The second-order valence-corrected chi connectivity index (χ2v) is 8.25. The zero-order valence-corrected chi connectivity index (χ0v) is 19.6. The van der Waals surface area contributed by atoms with Crippen LogP contribution in [0.25, 0.3) is 0 Å². The number of carbonyl (C=O) groups is 2. The van der Waals surface area contributed by atoms with Crippen molar-refractivity contribution in [2.45, 2.75) is 45.3 Å². The van der Waals surface area contributed by atoms with Gasteiger partial charge in [0, 0.05) is 19.0 Å². The van der Waals surface area contributed by atoms with Crippen LogP contribution in [0, 0.1) is 5.82 Å². The Balaban J connectivity index is 1.90. The van der Waals surface area contributed by atoms with E-state index in [1.807, 2.05) is 74.5 Å². The van der Waals surface area contributed by atoms with Crippen LogP contribution in [0.3, 0.4) is 0 Å². The second-order valence-electron chi connectivity index (χ2n) is 8.25. The maximum atomic E-state index is 14.0. The minimum absolute atomic E-state index is 0.000762. The third kappa shape index (κ3) is 7.17. The van der Waals surface area contributed by atoms with Crippen molar-refractivity contribution in [3.63, 3.8) is 0 Å². The number of amides is 2. The SMILES string of the molecule is CCC(C)NC(=O)C(Cc1ccccc1)N(Cc1ccccc1)C(=O)COc1ccccc1F. The van der Waals surface area contributed by atoms with E-state index < -0.39 is 17.8 Å². The third-order valence-electron chi connectivity index (χ3n) is 5.66. The lowest BCUT2D eigenvalue weighted by molar-refractivity contribution is -0.143. The van der Waals surface area contributed by atoms with Crippen LogP contribution in [0.5, 0.6) is 5.75 Å². The standard InChI is InChI=1S/C28H31FN2O3/c1-3-21(2)30-28(33)25(18-22-12-6-4-7-13-22)31(19-23-14-8-5-9-15-23)27(32)20-34-26-17-11-10-16-24(26)29/h4-17,21,25H,3,18-20H2,1-2H3,(H,30,33). The lowest BCUT2D eigenvalue weighted by Crippen LogP contribution is -2.53. The van der Waals surface area contributed by atoms with Crippen molar-refractivity contribution in [2.24, 2.45) is 0 Å². The van der Waals surface area contributed by atoms with Crippen molar-refractivity contribution >= 4 is 11.8 Å². The maximum absolute atomic E-state index is 14.0. The minimum Gasteiger partial charge on any atom is -0.481 e. The van der Waals surface area contributed by atoms with E-state index in [0.717, 1.165) is 17.5 Å². The van der Waals surface area contributed by atoms with Crippen LogP contribution >= 0.6 is 0 Å². The maximum Gasteiger partial charge on any atom is 0.261 e. The van der Waals surface area contributed by atoms with E-state index in [9.17, 15) is 14.0 Å². The molecule has 0 heterocycles. The van der Waals surface area contributed by atoms with Crippen molar-refractivity contribution in [3.8, 4) is 5.75 Å². The molecule has 3 aromatic rings. The molecule has 6 heteroatoms. The first-order chi connectivity index (χ1) is 16.5. The number of benzene rings is 3. The largest absolute Gasteiger partial charge is 0.481 e. The average Bonchev–Trinajstić information content (AvgIpc) is 2.86. The summed E-state index contributed by atoms with van der Waals surface area (Å²) < 4.78 is 19.5. The summed E-state index contributed by atoms with van der Waals surface area (Å²) in [6.07, 6.45) is 1.12. The molecule has 34 heavy (non-hydrogen) atoms. The Morgan fingerprint density at radius 1 is 0.912 bits per heavy atom. The van der Waals surface area contributed by atoms with Crippen molar-refractivity contribution in [1.82, 2.24) is 10.2 Å². The van der Waals surface area contributed by atoms with E-state index in [2.05, 4.69) is 5.32 Å². The lowest BCUT2D eigenvalue weighted by Gasteiger charge is -2.32. The van der Waals surface area contributed by atoms with Gasteiger partial charge in [-0.3, -0.25) is 9.59 Å². The van der Waals surface area contributed by atoms with Gasteiger partial charge in [-0.2, -0.15) is 0 Å². The molecule has 0 saturated carbocycles. The van der Waals surface area contributed by atoms with Crippen molar-refractivity contribution in [3.05, 3.63) is 102 Å². The molecule has 3 aromatic carbocycles. The Hall–Kier alpha value is -3.67. The van der Waals surface area contributed by atoms with E-state index in [1.54, 1.807) is 12.1 Å². The predicted molar refractivity (Wildman–Crippen MR) is 131 cm³/mol. The summed E-state index contributed by atoms with van der Waals surface area (Å²) in [7, 11) is 0. The second kappa shape index (κ2) is 12.5. The smallest absolute Gasteiger partial charge is 0.261 e. The van der Waals surface area contributed by atoms with Gasteiger partial charge in [-0.15, -0.1) is 0 Å². The highest BCUT2D eigenvalue weighted by Crippen LogP contribution is 2.18. The molecular weight excluding hydrogens is 431 g/mol. The first-order valence-electron chi connectivity index (χ1n) is 11.5. The van der Waals surface area contributed by atoms with Crippen LogP contribution in [0.4, 0.5) is 4.39 Å². The van der Waals surface area contributed by atoms with Crippen LogP contribution in [0.2, 0.25) is 0 Å². The van der Waals surface area contributed by atoms with Gasteiger partial charge < -0.3 is 15.0 Å². The predicted octanol–water partition coefficient (Wildman–Crippen LogP) is 4.76. The van der Waals surface area contributed by atoms with Crippen molar-refractivity contribution in [1.29, 1.82) is 0 Å². The molecule has 2 atom stereocenters. The normalized spacial score (nSPS) is 12.4. The zero-order valence-electron chi connectivity index (χ0n) is 19.6. The fourth-order valence-corrected chi connectivity index (χ4v) is 3.56. The topological polar surface area (TPSA) is 58.6 Å². The number of halogens is 1. The molecule has 0 aliphatic rings. The molecule has 1 N–H and O–H groups in total. The molecule has 0 aromatic heterocycles. The van der Waals surface area contributed by atoms with Gasteiger partial charge in [-0.1, -0.05) is 79.7 Å². The van der Waals surface area contributed by atoms with E-state index in [4.69, 9.17) is 4.74 Å². The number of para-hydroxylation sites is 1. The minimum atomic E-state index is -0.756. The molecular formula is C28H31FN2O3. The number of hydrogen-bond acceptors (Lipinski definition) is 3. The molecule has 2 unspecified atom stereocenters. The molecule has 0 fully saturated rings. The molecule has 178 valence electrons. The molecule has 3 rings (SSSR count). The van der Waals surface area contributed by atoms with Crippen LogP contribution in [-0.2, 0) is 22.6 Å². The third-order valence-corrected chi connectivity index (χ3v) is 5.66. The Morgan fingerprint density at radius 3 is 2.12 bits per heavy atom. The van der Waals surface area contributed by atoms with Gasteiger partial charge >= 0.3 is 0 Å². The van der Waals surface area contributed by atoms with Gasteiger partial charge in [0.1, 0.15) is 6.04 Å². The highest BCUT2D eigenvalue weighted by Gasteiger charge is 2.31. The fraction of sp³-hybridized carbons (Fsp3) is 0.286. The van der Waals surface area contributed by atoms with Crippen molar-refractivity contribution in [2.75, 3.05) is 6.61 Å². The van der Waals surface area contributed by atoms with Crippen LogP contribution in [-0.4, -0.2) is 35.4 Å². The van der Waals surface area contributed by atoms with Crippen LogP contribution in [0.1, 0.15) is 31.4 Å². The first kappa shape index (κ1) is 25.0. The Kier molecular flexibility index (Phi) is 9.21. The number of hydrogen-bond donors (Lipinski definition) is 1. The summed E-state index contributed by atoms with van der Waals surface area (Å²) in [4.78, 5) is 28.3. The van der Waals surface area contributed by atoms with Crippen LogP contribution in [0.15, 0.2) is 84.9 Å². The number of nitrogens with one attached hydrogen (secondary N) is 1. The fourth-order valence-electron chi connectivity index (χ4n) is 3.56. The van der Waals surface area contributed by atoms with E-state index in [1.165, 1.54) is 17.0 Å². The zero-order chi connectivity index (χ0) is 24.3. The summed E-state index contributed by atoms with van der Waals surface area (Å²) in [5.74, 6) is -1.17. The molecule has 0 bridgehead atoms. The molecule has 0 spiro atoms. The molecule has 2 amide bonds. The number of nitrogens with zero attached hydrogens (tertiary/aromatic N) is 1. The molecule has 0 saturated heterocycles. The monoisotopic (exact) mass is 462 g/mol. The molecule has 0 aliphatic heterocycles. The van der Waals surface area contributed by atoms with Gasteiger partial charge in [-0.05, 0) is 36.6 Å². The number of ether oxygens (including phenoxy) is 1. The highest BCUT2D eigenvalue weighted by atomic mass is 19.1. The Morgan fingerprint density at radius 2 is 1.50 bits per heavy atom. The van der Waals surface area contributed by atoms with E-state index in [0.29, 0.717) is 6.42 Å². The van der Waals surface area contributed by atoms with E-state index in [-0.39, 0.29) is 30.9 Å². The summed E-state index contributed by atoms with van der Waals surface area (Å²) >= 11 is 0. The summed E-state index contributed by atoms with van der Waals surface area (Å²) in [6, 6.07) is 24.2. The van der Waals surface area contributed by atoms with Gasteiger partial charge in [0.25, 0.3) is 5.91 Å².